The minimum absolute atomic E-state index is 0.0319. The molecule has 0 aliphatic heterocycles. The highest BCUT2D eigenvalue weighted by Crippen LogP contribution is 2.70. The van der Waals surface area contributed by atoms with Crippen molar-refractivity contribution in [2.75, 3.05) is 13.2 Å². The van der Waals surface area contributed by atoms with Crippen LogP contribution in [-0.4, -0.2) is 92.1 Å². The third-order valence-corrected chi connectivity index (χ3v) is 18.5. The van der Waals surface area contributed by atoms with Crippen LogP contribution in [0.1, 0.15) is 151 Å². The first kappa shape index (κ1) is 45.9. The number of rotatable bonds is 9. The number of hydrogen-bond acceptors (Lipinski definition) is 12. The molecular weight excluding hydrogens is 781 g/mol. The zero-order valence-corrected chi connectivity index (χ0v) is 37.3. The van der Waals surface area contributed by atoms with Gasteiger partial charge in [-0.25, -0.2) is 0 Å². The molecule has 0 unspecified atom stereocenters. The number of fused-ring (bicyclic) bond motifs is 10. The molecule has 12 nitrogen and oxygen atoms in total. The van der Waals surface area contributed by atoms with Gasteiger partial charge in [-0.15, -0.1) is 0 Å². The number of hydrogen-bond donors (Lipinski definition) is 4. The summed E-state index contributed by atoms with van der Waals surface area (Å²) in [5.74, 6) is -0.760. The minimum Gasteiger partial charge on any atom is -0.458 e. The van der Waals surface area contributed by atoms with Crippen LogP contribution in [0.4, 0.5) is 0 Å². The van der Waals surface area contributed by atoms with E-state index in [0.717, 1.165) is 63.4 Å². The molecule has 0 bridgehead atoms. The molecule has 0 radical (unpaired) electrons. The lowest BCUT2D eigenvalue weighted by Gasteiger charge is -2.60. The third kappa shape index (κ3) is 7.16. The van der Waals surface area contributed by atoms with E-state index in [1.807, 2.05) is 26.8 Å². The molecule has 14 atom stereocenters. The van der Waals surface area contributed by atoms with Crippen LogP contribution < -0.4 is 0 Å². The fourth-order valence-electron chi connectivity index (χ4n) is 15.5. The standard InChI is InChI=1S/C26H38O6.C23H32O6/c1-4-5-6-22(31)32-26(21(30)15-27)12-10-19-18-8-7-16-13-17(28)9-11-24(16,2)23(18)20(29)14-25(19,26)3;1-13(24)29-12-19(27)23(28)9-7-17-16-5-4-14-10-15(25)6-8-21(14,2)20(16)18(26)11-22(17,23)3/h13,18-20,23,27,29H,4-12,14-15H2,1-3H3;10,16-18,20,26,28H,4-9,11-12H2,1-3H3/t18-,19-,20-,23+,24-,25-,26-;16-,17-,18-,20+,21-,22-,23-/m00/s1. The topological polar surface area (TPSA) is 202 Å². The molecule has 0 heterocycles. The molecular formula is C49H70O12. The van der Waals surface area contributed by atoms with Crippen LogP contribution >= 0.6 is 0 Å². The van der Waals surface area contributed by atoms with Crippen LogP contribution in [-0.2, 0) is 38.2 Å². The van der Waals surface area contributed by atoms with Gasteiger partial charge in [-0.3, -0.25) is 28.8 Å². The summed E-state index contributed by atoms with van der Waals surface area (Å²) < 4.78 is 10.9. The Hall–Kier alpha value is -3.06. The van der Waals surface area contributed by atoms with Crippen LogP contribution in [0, 0.1) is 57.2 Å². The number of aliphatic hydroxyl groups is 4. The molecule has 8 rings (SSSR count). The lowest BCUT2D eigenvalue weighted by molar-refractivity contribution is -0.202. The number of ketones is 4. The van der Waals surface area contributed by atoms with Crippen molar-refractivity contribution in [2.24, 2.45) is 57.2 Å². The molecule has 0 aromatic heterocycles. The van der Waals surface area contributed by atoms with Gasteiger partial charge in [0.2, 0.25) is 11.6 Å². The molecule has 61 heavy (non-hydrogen) atoms. The maximum atomic E-state index is 13.1. The Morgan fingerprint density at radius 3 is 1.74 bits per heavy atom. The first-order valence-electron chi connectivity index (χ1n) is 23.2. The van der Waals surface area contributed by atoms with E-state index in [-0.39, 0.29) is 64.3 Å². The van der Waals surface area contributed by atoms with E-state index in [9.17, 15) is 49.2 Å². The Morgan fingerprint density at radius 2 is 1.23 bits per heavy atom. The molecule has 6 saturated carbocycles. The number of Topliss-reactive ketones (excluding diaryl/α,β-unsaturated/α-hetero) is 2. The predicted molar refractivity (Wildman–Crippen MR) is 223 cm³/mol. The van der Waals surface area contributed by atoms with Crippen molar-refractivity contribution < 1.29 is 58.7 Å². The Balaban J connectivity index is 0.000000185. The Kier molecular flexibility index (Phi) is 12.4. The summed E-state index contributed by atoms with van der Waals surface area (Å²) in [6.07, 6.45) is 13.0. The Labute approximate surface area is 360 Å². The van der Waals surface area contributed by atoms with E-state index in [1.165, 1.54) is 12.5 Å². The average Bonchev–Trinajstić information content (AvgIpc) is 3.65. The van der Waals surface area contributed by atoms with E-state index < -0.39 is 71.0 Å². The van der Waals surface area contributed by atoms with E-state index in [2.05, 4.69) is 13.8 Å². The summed E-state index contributed by atoms with van der Waals surface area (Å²) in [5, 5.41) is 44.1. The summed E-state index contributed by atoms with van der Waals surface area (Å²) in [6, 6.07) is 0. The fraction of sp³-hybridized carbons (Fsp3) is 0.796. The van der Waals surface area contributed by atoms with Crippen molar-refractivity contribution in [1.29, 1.82) is 0 Å². The average molecular weight is 851 g/mol. The summed E-state index contributed by atoms with van der Waals surface area (Å²) in [4.78, 5) is 73.8. The van der Waals surface area contributed by atoms with Gasteiger partial charge >= 0.3 is 11.9 Å². The smallest absolute Gasteiger partial charge is 0.306 e. The monoisotopic (exact) mass is 850 g/mol. The normalized spacial score (nSPS) is 44.6. The van der Waals surface area contributed by atoms with E-state index >= 15 is 0 Å². The molecule has 8 aliphatic rings. The number of carbonyl (C=O) groups excluding carboxylic acids is 6. The number of unbranched alkanes of at least 4 members (excludes halogenated alkanes) is 1. The first-order chi connectivity index (χ1) is 28.7. The fourth-order valence-corrected chi connectivity index (χ4v) is 15.5. The van der Waals surface area contributed by atoms with Gasteiger partial charge in [-0.2, -0.15) is 0 Å². The lowest BCUT2D eigenvalue weighted by Crippen LogP contribution is -2.63. The predicted octanol–water partition coefficient (Wildman–Crippen LogP) is 5.88. The Bertz CT molecular complexity index is 1880. The van der Waals surface area contributed by atoms with Gasteiger partial charge in [0.05, 0.1) is 12.2 Å². The lowest BCUT2D eigenvalue weighted by atomic mass is 9.45. The zero-order valence-electron chi connectivity index (χ0n) is 37.3. The Morgan fingerprint density at radius 1 is 0.721 bits per heavy atom. The van der Waals surface area contributed by atoms with Crippen LogP contribution in [0.3, 0.4) is 0 Å². The van der Waals surface area contributed by atoms with Crippen molar-refractivity contribution in [3.8, 4) is 0 Å². The second kappa shape index (κ2) is 16.5. The highest BCUT2D eigenvalue weighted by Gasteiger charge is 2.71. The van der Waals surface area contributed by atoms with Crippen molar-refractivity contribution >= 4 is 35.1 Å². The molecule has 338 valence electrons. The summed E-state index contributed by atoms with van der Waals surface area (Å²) in [6.45, 7) is 10.4. The van der Waals surface area contributed by atoms with Crippen molar-refractivity contribution in [2.45, 2.75) is 174 Å². The number of allylic oxidation sites excluding steroid dienone is 2. The van der Waals surface area contributed by atoms with Crippen molar-refractivity contribution in [3.63, 3.8) is 0 Å². The van der Waals surface area contributed by atoms with Gasteiger partial charge in [-0.05, 0) is 142 Å². The first-order valence-corrected chi connectivity index (χ1v) is 23.2. The number of esters is 2. The number of ether oxygens (including phenoxy) is 2. The van der Waals surface area contributed by atoms with Crippen LogP contribution in [0.15, 0.2) is 23.3 Å². The van der Waals surface area contributed by atoms with Crippen LogP contribution in [0.5, 0.6) is 0 Å². The largest absolute Gasteiger partial charge is 0.458 e. The van der Waals surface area contributed by atoms with E-state index in [4.69, 9.17) is 9.47 Å². The summed E-state index contributed by atoms with van der Waals surface area (Å²) >= 11 is 0. The van der Waals surface area contributed by atoms with E-state index in [1.54, 1.807) is 6.08 Å². The number of aliphatic hydroxyl groups excluding tert-OH is 3. The summed E-state index contributed by atoms with van der Waals surface area (Å²) in [7, 11) is 0. The molecule has 6 fully saturated rings. The van der Waals surface area contributed by atoms with Gasteiger partial charge in [0.25, 0.3) is 0 Å². The van der Waals surface area contributed by atoms with Gasteiger partial charge in [0.15, 0.2) is 23.8 Å². The van der Waals surface area contributed by atoms with Crippen molar-refractivity contribution in [3.05, 3.63) is 23.3 Å². The minimum atomic E-state index is -1.58. The van der Waals surface area contributed by atoms with Gasteiger partial charge < -0.3 is 29.9 Å². The molecule has 0 aromatic carbocycles. The maximum Gasteiger partial charge on any atom is 0.306 e. The molecule has 4 N–H and O–H groups in total. The highest BCUT2D eigenvalue weighted by molar-refractivity contribution is 5.93. The zero-order chi connectivity index (χ0) is 44.5. The van der Waals surface area contributed by atoms with Gasteiger partial charge in [0.1, 0.15) is 12.2 Å². The molecule has 0 saturated heterocycles. The summed E-state index contributed by atoms with van der Waals surface area (Å²) in [5.41, 5.74) is -2.48. The van der Waals surface area contributed by atoms with Crippen LogP contribution in [0.25, 0.3) is 0 Å². The SMILES string of the molecule is CC(=O)OCC(=O)[C@@]1(O)CC[C@H]2[C@@H]3CCC4=CC(=O)CC[C@]4(C)[C@H]3[C@@H](O)C[C@@]21C.CCCCC(=O)O[C@]1(C(=O)CO)CC[C@H]2[C@@H]3CCC4=CC(=O)CC[C@]4(C)[C@H]3[C@@H](O)C[C@@]21C. The molecule has 0 spiro atoms. The molecule has 12 heteroatoms. The van der Waals surface area contributed by atoms with E-state index in [0.29, 0.717) is 44.9 Å². The highest BCUT2D eigenvalue weighted by atomic mass is 16.6. The quantitative estimate of drug-likeness (QED) is 0.201. The van der Waals surface area contributed by atoms with Crippen LogP contribution in [0.2, 0.25) is 0 Å². The number of carbonyl (C=O) groups is 6. The molecule has 8 aliphatic carbocycles. The van der Waals surface area contributed by atoms with Gasteiger partial charge in [0, 0.05) is 37.0 Å². The van der Waals surface area contributed by atoms with Crippen molar-refractivity contribution in [1.82, 2.24) is 0 Å². The maximum absolute atomic E-state index is 13.1. The van der Waals surface area contributed by atoms with Gasteiger partial charge in [-0.1, -0.05) is 52.2 Å². The second-order valence-corrected chi connectivity index (χ2v) is 21.3. The molecule has 0 amide bonds. The molecule has 0 aromatic rings. The third-order valence-electron chi connectivity index (χ3n) is 18.5. The second-order valence-electron chi connectivity index (χ2n) is 21.3.